The molecule has 1 spiro atoms. The number of rotatable bonds is 4. The van der Waals surface area contributed by atoms with Gasteiger partial charge in [0.15, 0.2) is 11.5 Å². The van der Waals surface area contributed by atoms with Crippen LogP contribution in [0.15, 0.2) is 18.2 Å². The molecule has 1 aliphatic carbocycles. The van der Waals surface area contributed by atoms with Gasteiger partial charge in [-0.2, -0.15) is 0 Å². The molecule has 4 aliphatic rings. The van der Waals surface area contributed by atoms with Crippen LogP contribution < -0.4 is 14.8 Å². The van der Waals surface area contributed by atoms with Gasteiger partial charge in [-0.05, 0) is 63.7 Å². The highest BCUT2D eigenvalue weighted by Gasteiger charge is 2.42. The first kappa shape index (κ1) is 22.5. The van der Waals surface area contributed by atoms with Crippen LogP contribution in [0.1, 0.15) is 70.6 Å². The molecule has 3 fully saturated rings. The number of fused-ring (bicyclic) bond motifs is 1. The number of likely N-dealkylation sites (tertiary alicyclic amines) is 2. The van der Waals surface area contributed by atoms with Crippen LogP contribution in [0, 0.1) is 5.92 Å². The van der Waals surface area contributed by atoms with Crippen LogP contribution in [0.3, 0.4) is 0 Å². The summed E-state index contributed by atoms with van der Waals surface area (Å²) in [6, 6.07) is 5.66. The van der Waals surface area contributed by atoms with Crippen LogP contribution in [-0.2, 0) is 9.59 Å². The van der Waals surface area contributed by atoms with E-state index in [0.717, 1.165) is 94.7 Å². The van der Waals surface area contributed by atoms with E-state index in [0.29, 0.717) is 12.5 Å². The summed E-state index contributed by atoms with van der Waals surface area (Å²) in [5.74, 6) is 1.41. The van der Waals surface area contributed by atoms with E-state index in [-0.39, 0.29) is 11.8 Å². The van der Waals surface area contributed by atoms with Crippen molar-refractivity contribution in [3.8, 4) is 11.5 Å². The van der Waals surface area contributed by atoms with E-state index in [9.17, 15) is 9.59 Å². The van der Waals surface area contributed by atoms with Crippen molar-refractivity contribution in [2.75, 3.05) is 38.0 Å². The molecule has 3 aliphatic heterocycles. The fraction of sp³-hybridized carbons (Fsp3) is 0.692. The zero-order chi connectivity index (χ0) is 22.7. The molecule has 1 saturated carbocycles. The topological polar surface area (TPSA) is 71.1 Å². The van der Waals surface area contributed by atoms with Crippen LogP contribution in [0.25, 0.3) is 0 Å². The highest BCUT2D eigenvalue weighted by molar-refractivity contribution is 5.92. The van der Waals surface area contributed by atoms with E-state index in [1.165, 1.54) is 19.3 Å². The van der Waals surface area contributed by atoms with Crippen LogP contribution >= 0.6 is 0 Å². The molecule has 33 heavy (non-hydrogen) atoms. The van der Waals surface area contributed by atoms with Crippen molar-refractivity contribution >= 4 is 17.5 Å². The first-order chi connectivity index (χ1) is 16.1. The summed E-state index contributed by atoms with van der Waals surface area (Å²) >= 11 is 0. The molecule has 7 nitrogen and oxygen atoms in total. The lowest BCUT2D eigenvalue weighted by atomic mass is 9.94. The molecule has 0 radical (unpaired) electrons. The number of nitrogens with zero attached hydrogens (tertiary/aromatic N) is 2. The summed E-state index contributed by atoms with van der Waals surface area (Å²) in [4.78, 5) is 29.8. The molecule has 1 N–H and O–H groups in total. The maximum atomic E-state index is 12.9. The normalized spacial score (nSPS) is 23.3. The number of amides is 2. The Kier molecular flexibility index (Phi) is 6.76. The third kappa shape index (κ3) is 5.29. The monoisotopic (exact) mass is 455 g/mol. The van der Waals surface area contributed by atoms with Crippen molar-refractivity contribution in [1.82, 2.24) is 9.80 Å². The predicted octanol–water partition coefficient (Wildman–Crippen LogP) is 4.17. The molecule has 7 heteroatoms. The van der Waals surface area contributed by atoms with Crippen LogP contribution in [0.4, 0.5) is 5.69 Å². The van der Waals surface area contributed by atoms with E-state index in [4.69, 9.17) is 9.47 Å². The number of nitrogens with one attached hydrogen (secondary N) is 1. The van der Waals surface area contributed by atoms with Gasteiger partial charge in [0.05, 0.1) is 6.54 Å². The van der Waals surface area contributed by atoms with Crippen molar-refractivity contribution in [2.45, 2.75) is 76.4 Å². The summed E-state index contributed by atoms with van der Waals surface area (Å²) in [5.41, 5.74) is 0.737. The minimum atomic E-state index is -0.502. The SMILES string of the molecule is O=C(CN1CCC(C(=O)N2CCCCCC2)CC1)Nc1ccc2c(c1)OC1(CCCCC1)O2. The van der Waals surface area contributed by atoms with Gasteiger partial charge in [0.25, 0.3) is 5.79 Å². The molecule has 0 atom stereocenters. The van der Waals surface area contributed by atoms with Gasteiger partial charge in [-0.1, -0.05) is 19.3 Å². The number of ether oxygens (including phenoxy) is 2. The quantitative estimate of drug-likeness (QED) is 0.738. The molecule has 1 aromatic carbocycles. The lowest BCUT2D eigenvalue weighted by Gasteiger charge is -2.33. The zero-order valence-corrected chi connectivity index (χ0v) is 19.7. The van der Waals surface area contributed by atoms with Gasteiger partial charge in [0.1, 0.15) is 0 Å². The van der Waals surface area contributed by atoms with Crippen LogP contribution in [0.2, 0.25) is 0 Å². The summed E-state index contributed by atoms with van der Waals surface area (Å²) in [7, 11) is 0. The highest BCUT2D eigenvalue weighted by Crippen LogP contribution is 2.46. The summed E-state index contributed by atoms with van der Waals surface area (Å²) in [6.45, 7) is 3.77. The van der Waals surface area contributed by atoms with E-state index in [1.807, 2.05) is 18.2 Å². The molecular weight excluding hydrogens is 418 g/mol. The van der Waals surface area contributed by atoms with E-state index >= 15 is 0 Å². The van der Waals surface area contributed by atoms with Gasteiger partial charge in [-0.25, -0.2) is 0 Å². The molecule has 2 saturated heterocycles. The molecular formula is C26H37N3O4. The number of piperidine rings is 1. The highest BCUT2D eigenvalue weighted by atomic mass is 16.7. The number of benzene rings is 1. The molecule has 1 aromatic rings. The fourth-order valence-electron chi connectivity index (χ4n) is 5.76. The minimum absolute atomic E-state index is 0.0291. The Bertz CT molecular complexity index is 851. The average molecular weight is 456 g/mol. The number of carbonyl (C=O) groups is 2. The minimum Gasteiger partial charge on any atom is -0.448 e. The summed E-state index contributed by atoms with van der Waals surface area (Å²) in [6.07, 6.45) is 11.7. The Labute approximate surface area is 196 Å². The van der Waals surface area contributed by atoms with Crippen molar-refractivity contribution in [3.05, 3.63) is 18.2 Å². The molecule has 0 unspecified atom stereocenters. The van der Waals surface area contributed by atoms with Crippen LogP contribution in [-0.4, -0.2) is 60.1 Å². The van der Waals surface area contributed by atoms with Crippen molar-refractivity contribution in [3.63, 3.8) is 0 Å². The second-order valence-corrected chi connectivity index (χ2v) is 10.2. The maximum absolute atomic E-state index is 12.9. The van der Waals surface area contributed by atoms with Crippen LogP contribution in [0.5, 0.6) is 11.5 Å². The fourth-order valence-corrected chi connectivity index (χ4v) is 5.76. The summed E-state index contributed by atoms with van der Waals surface area (Å²) < 4.78 is 12.3. The molecule has 2 amide bonds. The molecule has 5 rings (SSSR count). The van der Waals surface area contributed by atoms with E-state index < -0.39 is 5.79 Å². The second-order valence-electron chi connectivity index (χ2n) is 10.2. The second kappa shape index (κ2) is 9.92. The predicted molar refractivity (Wildman–Crippen MR) is 126 cm³/mol. The van der Waals surface area contributed by atoms with Gasteiger partial charge in [-0.3, -0.25) is 14.5 Å². The average Bonchev–Trinajstić information content (AvgIpc) is 2.98. The molecule has 0 aromatic heterocycles. The van der Waals surface area contributed by atoms with Gasteiger partial charge in [0.2, 0.25) is 11.8 Å². The van der Waals surface area contributed by atoms with Gasteiger partial charge in [0, 0.05) is 43.6 Å². The Balaban J connectivity index is 1.09. The molecule has 0 bridgehead atoms. The first-order valence-corrected chi connectivity index (χ1v) is 12.9. The third-order valence-electron chi connectivity index (χ3n) is 7.66. The number of hydrogen-bond acceptors (Lipinski definition) is 5. The molecule has 180 valence electrons. The Morgan fingerprint density at radius 2 is 1.55 bits per heavy atom. The number of anilines is 1. The van der Waals surface area contributed by atoms with Gasteiger partial charge in [-0.15, -0.1) is 0 Å². The van der Waals surface area contributed by atoms with Crippen molar-refractivity contribution in [1.29, 1.82) is 0 Å². The zero-order valence-electron chi connectivity index (χ0n) is 19.7. The Hall–Kier alpha value is -2.28. The first-order valence-electron chi connectivity index (χ1n) is 12.9. The lowest BCUT2D eigenvalue weighted by molar-refractivity contribution is -0.137. The number of hydrogen-bond donors (Lipinski definition) is 1. The Morgan fingerprint density at radius 3 is 2.27 bits per heavy atom. The standard InChI is InChI=1S/C26H37N3O4/c30-24(19-28-16-10-20(11-17-28)25(31)29-14-6-1-2-7-15-29)27-21-8-9-22-23(18-21)33-26(32-22)12-4-3-5-13-26/h8-9,18,20H,1-7,10-17,19H2,(H,27,30). The van der Waals surface area contributed by atoms with Gasteiger partial charge >= 0.3 is 0 Å². The maximum Gasteiger partial charge on any atom is 0.251 e. The van der Waals surface area contributed by atoms with Crippen molar-refractivity contribution < 1.29 is 19.1 Å². The largest absolute Gasteiger partial charge is 0.448 e. The number of carbonyl (C=O) groups excluding carboxylic acids is 2. The Morgan fingerprint density at radius 1 is 0.879 bits per heavy atom. The summed E-state index contributed by atoms with van der Waals surface area (Å²) in [5, 5.41) is 3.01. The third-order valence-corrected chi connectivity index (χ3v) is 7.66. The van der Waals surface area contributed by atoms with E-state index in [2.05, 4.69) is 15.1 Å². The van der Waals surface area contributed by atoms with E-state index in [1.54, 1.807) is 0 Å². The lowest BCUT2D eigenvalue weighted by Crippen LogP contribution is -2.44. The smallest absolute Gasteiger partial charge is 0.251 e. The van der Waals surface area contributed by atoms with Crippen molar-refractivity contribution in [2.24, 2.45) is 5.92 Å². The molecule has 3 heterocycles. The van der Waals surface area contributed by atoms with Gasteiger partial charge < -0.3 is 19.7 Å².